The predicted molar refractivity (Wildman–Crippen MR) is 64.4 cm³/mol. The molecule has 0 aliphatic carbocycles. The highest BCUT2D eigenvalue weighted by molar-refractivity contribution is 5.45. The number of benzene rings is 1. The van der Waals surface area contributed by atoms with E-state index >= 15 is 0 Å². The van der Waals surface area contributed by atoms with Crippen molar-refractivity contribution in [1.82, 2.24) is 4.98 Å². The maximum Gasteiger partial charge on any atom is 0.253 e. The van der Waals surface area contributed by atoms with Gasteiger partial charge < -0.3 is 10.4 Å². The fraction of sp³-hybridized carbons (Fsp3) is 0.154. The maximum atomic E-state index is 13.3. The van der Waals surface area contributed by atoms with E-state index in [2.05, 4.69) is 10.3 Å². The third-order valence-electron chi connectivity index (χ3n) is 2.62. The summed E-state index contributed by atoms with van der Waals surface area (Å²) in [6, 6.07) is 6.26. The second-order valence-electron chi connectivity index (χ2n) is 4.04. The Kier molecular flexibility index (Phi) is 4.07. The van der Waals surface area contributed by atoms with Crippen LogP contribution in [0.4, 0.5) is 23.2 Å². The lowest BCUT2D eigenvalue weighted by atomic mass is 10.1. The molecular formula is C13H10F4N2O. The third-order valence-corrected chi connectivity index (χ3v) is 2.62. The van der Waals surface area contributed by atoms with E-state index in [0.717, 1.165) is 0 Å². The number of aromatic hydroxyl groups is 1. The number of pyridine rings is 1. The molecule has 0 saturated heterocycles. The highest BCUT2D eigenvalue weighted by atomic mass is 19.2. The quantitative estimate of drug-likeness (QED) is 0.671. The molecule has 0 atom stereocenters. The van der Waals surface area contributed by atoms with Gasteiger partial charge in [-0.15, -0.1) is 0 Å². The Morgan fingerprint density at radius 1 is 1.05 bits per heavy atom. The maximum absolute atomic E-state index is 13.3. The molecule has 0 spiro atoms. The van der Waals surface area contributed by atoms with Crippen LogP contribution in [0.3, 0.4) is 0 Å². The molecule has 0 amide bonds. The molecule has 2 N–H and O–H groups in total. The minimum absolute atomic E-state index is 0.0280. The van der Waals surface area contributed by atoms with Gasteiger partial charge in [-0.1, -0.05) is 12.1 Å². The Bertz CT molecular complexity index is 608. The Morgan fingerprint density at radius 3 is 2.30 bits per heavy atom. The number of rotatable bonds is 4. The Labute approximate surface area is 111 Å². The second-order valence-corrected chi connectivity index (χ2v) is 4.04. The number of hydrogen-bond acceptors (Lipinski definition) is 3. The molecule has 7 heteroatoms. The van der Waals surface area contributed by atoms with Gasteiger partial charge in [0, 0.05) is 6.54 Å². The standard InChI is InChI=1S/C13H10F4N2O/c14-9-11(10(15)13(17)19-12(9)16)18-5-4-7-2-1-3-8(20)6-7/h1-3,6,20H,4-5H2,(H,18,19). The normalized spacial score (nSPS) is 10.6. The van der Waals surface area contributed by atoms with Crippen molar-refractivity contribution < 1.29 is 22.7 Å². The van der Waals surface area contributed by atoms with Gasteiger partial charge in [0.2, 0.25) is 11.6 Å². The molecule has 20 heavy (non-hydrogen) atoms. The Morgan fingerprint density at radius 2 is 1.70 bits per heavy atom. The van der Waals surface area contributed by atoms with E-state index in [-0.39, 0.29) is 12.3 Å². The first-order chi connectivity index (χ1) is 9.49. The van der Waals surface area contributed by atoms with Crippen LogP contribution in [-0.2, 0) is 6.42 Å². The second kappa shape index (κ2) is 5.77. The molecule has 106 valence electrons. The first-order valence-corrected chi connectivity index (χ1v) is 5.71. The van der Waals surface area contributed by atoms with Gasteiger partial charge in [0.05, 0.1) is 0 Å². The number of halogens is 4. The van der Waals surface area contributed by atoms with Crippen molar-refractivity contribution in [1.29, 1.82) is 0 Å². The zero-order chi connectivity index (χ0) is 14.7. The summed E-state index contributed by atoms with van der Waals surface area (Å²) >= 11 is 0. The van der Waals surface area contributed by atoms with Crippen LogP contribution in [-0.4, -0.2) is 16.6 Å². The van der Waals surface area contributed by atoms with Crippen LogP contribution in [0.25, 0.3) is 0 Å². The monoisotopic (exact) mass is 286 g/mol. The summed E-state index contributed by atoms with van der Waals surface area (Å²) in [6.45, 7) is 0.0280. The van der Waals surface area contributed by atoms with E-state index < -0.39 is 29.2 Å². The van der Waals surface area contributed by atoms with Crippen LogP contribution < -0.4 is 5.32 Å². The van der Waals surface area contributed by atoms with Crippen molar-refractivity contribution in [2.24, 2.45) is 0 Å². The molecule has 0 bridgehead atoms. The van der Waals surface area contributed by atoms with E-state index in [9.17, 15) is 22.7 Å². The third kappa shape index (κ3) is 2.98. The lowest BCUT2D eigenvalue weighted by Crippen LogP contribution is -2.12. The number of phenols is 1. The minimum atomic E-state index is -1.70. The lowest BCUT2D eigenvalue weighted by molar-refractivity contribution is 0.410. The van der Waals surface area contributed by atoms with Crippen LogP contribution in [0, 0.1) is 23.5 Å². The van der Waals surface area contributed by atoms with Crippen LogP contribution in [0.2, 0.25) is 0 Å². The first kappa shape index (κ1) is 14.1. The van der Waals surface area contributed by atoms with E-state index in [4.69, 9.17) is 0 Å². The molecule has 2 aromatic rings. The van der Waals surface area contributed by atoms with Crippen molar-refractivity contribution in [3.8, 4) is 5.75 Å². The molecule has 1 heterocycles. The van der Waals surface area contributed by atoms with E-state index in [0.29, 0.717) is 12.0 Å². The summed E-state index contributed by atoms with van der Waals surface area (Å²) in [5, 5.41) is 11.5. The van der Waals surface area contributed by atoms with Gasteiger partial charge in [-0.25, -0.2) is 0 Å². The van der Waals surface area contributed by atoms with Crippen molar-refractivity contribution in [2.45, 2.75) is 6.42 Å². The van der Waals surface area contributed by atoms with Crippen LogP contribution in [0.1, 0.15) is 5.56 Å². The number of hydrogen-bond donors (Lipinski definition) is 2. The summed E-state index contributed by atoms with van der Waals surface area (Å²) in [7, 11) is 0. The average Bonchev–Trinajstić information content (AvgIpc) is 2.40. The van der Waals surface area contributed by atoms with Gasteiger partial charge >= 0.3 is 0 Å². The lowest BCUT2D eigenvalue weighted by Gasteiger charge is -2.09. The van der Waals surface area contributed by atoms with E-state index in [1.807, 2.05) is 0 Å². The molecular weight excluding hydrogens is 276 g/mol. The van der Waals surface area contributed by atoms with Gasteiger partial charge in [0.15, 0.2) is 0 Å². The summed E-state index contributed by atoms with van der Waals surface area (Å²) < 4.78 is 52.3. The number of nitrogens with one attached hydrogen (secondary N) is 1. The molecule has 0 saturated carbocycles. The van der Waals surface area contributed by atoms with Gasteiger partial charge in [0.25, 0.3) is 11.9 Å². The molecule has 0 aliphatic rings. The van der Waals surface area contributed by atoms with Crippen molar-refractivity contribution in [3.05, 3.63) is 53.4 Å². The van der Waals surface area contributed by atoms with Crippen LogP contribution in [0.15, 0.2) is 24.3 Å². The summed E-state index contributed by atoms with van der Waals surface area (Å²) in [5.74, 6) is -6.49. The number of aromatic nitrogens is 1. The highest BCUT2D eigenvalue weighted by Crippen LogP contribution is 2.22. The number of anilines is 1. The van der Waals surface area contributed by atoms with E-state index in [1.54, 1.807) is 12.1 Å². The van der Waals surface area contributed by atoms with Crippen molar-refractivity contribution in [2.75, 3.05) is 11.9 Å². The fourth-order valence-electron chi connectivity index (χ4n) is 1.69. The molecule has 1 aromatic heterocycles. The predicted octanol–water partition coefficient (Wildman–Crippen LogP) is 3.00. The molecule has 2 rings (SSSR count). The van der Waals surface area contributed by atoms with Gasteiger partial charge in [-0.3, -0.25) is 0 Å². The van der Waals surface area contributed by atoms with Crippen molar-refractivity contribution >= 4 is 5.69 Å². The zero-order valence-electron chi connectivity index (χ0n) is 10.1. The first-order valence-electron chi connectivity index (χ1n) is 5.71. The SMILES string of the molecule is Oc1cccc(CCNc2c(F)c(F)nc(F)c2F)c1. The average molecular weight is 286 g/mol. The topological polar surface area (TPSA) is 45.1 Å². The van der Waals surface area contributed by atoms with Gasteiger partial charge in [-0.2, -0.15) is 22.5 Å². The smallest absolute Gasteiger partial charge is 0.253 e. The summed E-state index contributed by atoms with van der Waals surface area (Å²) in [6.07, 6.45) is 0.304. The minimum Gasteiger partial charge on any atom is -0.508 e. The molecule has 0 aliphatic heterocycles. The number of nitrogens with zero attached hydrogens (tertiary/aromatic N) is 1. The molecule has 0 fully saturated rings. The highest BCUT2D eigenvalue weighted by Gasteiger charge is 2.20. The molecule has 1 aromatic carbocycles. The molecule has 3 nitrogen and oxygen atoms in total. The fourth-order valence-corrected chi connectivity index (χ4v) is 1.69. The largest absolute Gasteiger partial charge is 0.508 e. The van der Waals surface area contributed by atoms with Crippen LogP contribution in [0.5, 0.6) is 5.75 Å². The zero-order valence-corrected chi connectivity index (χ0v) is 10.1. The summed E-state index contributed by atoms with van der Waals surface area (Å²) in [5.41, 5.74) is -0.191. The molecule has 0 unspecified atom stereocenters. The Balaban J connectivity index is 2.08. The number of phenolic OH excluding ortho intramolecular Hbond substituents is 1. The Hall–Kier alpha value is -2.31. The molecule has 0 radical (unpaired) electrons. The van der Waals surface area contributed by atoms with Crippen molar-refractivity contribution in [3.63, 3.8) is 0 Å². The van der Waals surface area contributed by atoms with Gasteiger partial charge in [-0.05, 0) is 24.1 Å². The van der Waals surface area contributed by atoms with E-state index in [1.165, 1.54) is 12.1 Å². The summed E-state index contributed by atoms with van der Waals surface area (Å²) in [4.78, 5) is 2.45. The van der Waals surface area contributed by atoms with Crippen LogP contribution >= 0.6 is 0 Å². The van der Waals surface area contributed by atoms with Gasteiger partial charge in [0.1, 0.15) is 11.4 Å².